The summed E-state index contributed by atoms with van der Waals surface area (Å²) >= 11 is 0. The van der Waals surface area contributed by atoms with E-state index in [1.165, 1.54) is 7.11 Å². The molecule has 7 nitrogen and oxygen atoms in total. The lowest BCUT2D eigenvalue weighted by molar-refractivity contribution is -0.136. The first-order valence-electron chi connectivity index (χ1n) is 6.92. The van der Waals surface area contributed by atoms with E-state index in [0.29, 0.717) is 22.6 Å². The van der Waals surface area contributed by atoms with Crippen LogP contribution in [0.5, 0.6) is 5.75 Å². The van der Waals surface area contributed by atoms with Crippen molar-refractivity contribution in [1.29, 1.82) is 0 Å². The number of nitrogens with two attached hydrogens (primary N) is 1. The Morgan fingerprint density at radius 1 is 1.48 bits per heavy atom. The number of carbonyl (C=O) groups excluding carboxylic acids is 1. The van der Waals surface area contributed by atoms with Crippen LogP contribution in [-0.4, -0.2) is 23.0 Å². The van der Waals surface area contributed by atoms with Gasteiger partial charge < -0.3 is 20.2 Å². The smallest absolute Gasteiger partial charge is 0.340 e. The Labute approximate surface area is 131 Å². The van der Waals surface area contributed by atoms with Gasteiger partial charge in [-0.05, 0) is 18.6 Å². The molecule has 0 amide bonds. The largest absolute Gasteiger partial charge is 0.465 e. The maximum atomic E-state index is 12.5. The molecule has 0 aromatic carbocycles. The highest BCUT2D eigenvalue weighted by Gasteiger charge is 2.37. The fourth-order valence-corrected chi connectivity index (χ4v) is 2.70. The van der Waals surface area contributed by atoms with Crippen molar-refractivity contribution in [3.8, 4) is 5.75 Å². The Bertz CT molecular complexity index is 855. The number of aryl methyl sites for hydroxylation is 1. The molecule has 3 N–H and O–H groups in total. The van der Waals surface area contributed by atoms with E-state index in [-0.39, 0.29) is 17.0 Å². The third-order valence-electron chi connectivity index (χ3n) is 3.65. The molecule has 0 radical (unpaired) electrons. The van der Waals surface area contributed by atoms with Crippen LogP contribution in [-0.2, 0) is 9.53 Å². The van der Waals surface area contributed by atoms with Gasteiger partial charge >= 0.3 is 5.97 Å². The normalized spacial score (nSPS) is 16.5. The van der Waals surface area contributed by atoms with E-state index in [9.17, 15) is 9.59 Å². The molecule has 0 fully saturated rings. The van der Waals surface area contributed by atoms with Gasteiger partial charge in [0, 0.05) is 24.2 Å². The molecule has 2 aromatic rings. The van der Waals surface area contributed by atoms with Gasteiger partial charge in [-0.1, -0.05) is 6.07 Å². The molecule has 2 aromatic heterocycles. The number of nitrogens with zero attached hydrogens (tertiary/aromatic N) is 1. The van der Waals surface area contributed by atoms with Gasteiger partial charge in [0.1, 0.15) is 11.3 Å². The Balaban J connectivity index is 2.31. The second-order valence-electron chi connectivity index (χ2n) is 5.15. The third-order valence-corrected chi connectivity index (χ3v) is 3.65. The SMILES string of the molecule is COC(=O)C1=C(N)Oc2cc(C)[nH]c(=O)c2[C@@H]1c1cccnc1. The minimum atomic E-state index is -0.704. The molecule has 0 saturated heterocycles. The quantitative estimate of drug-likeness (QED) is 0.799. The molecule has 3 rings (SSSR count). The van der Waals surface area contributed by atoms with E-state index in [1.54, 1.807) is 37.5 Å². The Kier molecular flexibility index (Phi) is 3.61. The average molecular weight is 313 g/mol. The summed E-state index contributed by atoms with van der Waals surface area (Å²) in [4.78, 5) is 31.4. The molecule has 118 valence electrons. The van der Waals surface area contributed by atoms with Crippen molar-refractivity contribution in [2.75, 3.05) is 7.11 Å². The summed E-state index contributed by atoms with van der Waals surface area (Å²) in [5.41, 5.74) is 7.25. The van der Waals surface area contributed by atoms with Crippen molar-refractivity contribution < 1.29 is 14.3 Å². The topological polar surface area (TPSA) is 107 Å². The number of H-pyrrole nitrogens is 1. The summed E-state index contributed by atoms with van der Waals surface area (Å²) < 4.78 is 10.3. The standard InChI is InChI=1S/C16H15N3O4/c1-8-6-10-12(15(20)19-8)11(9-4-3-5-18-7-9)13(14(17)23-10)16(21)22-2/h3-7,11H,17H2,1-2H3,(H,19,20)/t11-/m0/s1. The predicted molar refractivity (Wildman–Crippen MR) is 81.7 cm³/mol. The summed E-state index contributed by atoms with van der Waals surface area (Å²) in [6.07, 6.45) is 3.18. The van der Waals surface area contributed by atoms with Gasteiger partial charge in [0.05, 0.1) is 18.6 Å². The molecular weight excluding hydrogens is 298 g/mol. The van der Waals surface area contributed by atoms with Crippen LogP contribution >= 0.6 is 0 Å². The number of methoxy groups -OCH3 is 1. The second kappa shape index (κ2) is 5.60. The van der Waals surface area contributed by atoms with Crippen molar-refractivity contribution in [2.24, 2.45) is 5.73 Å². The lowest BCUT2D eigenvalue weighted by Crippen LogP contribution is -2.31. The first-order chi connectivity index (χ1) is 11.0. The van der Waals surface area contributed by atoms with Gasteiger partial charge in [-0.25, -0.2) is 4.79 Å². The molecule has 0 saturated carbocycles. The van der Waals surface area contributed by atoms with Crippen molar-refractivity contribution in [3.63, 3.8) is 0 Å². The van der Waals surface area contributed by atoms with Crippen LogP contribution in [0.4, 0.5) is 0 Å². The summed E-state index contributed by atoms with van der Waals surface area (Å²) in [6, 6.07) is 5.15. The minimum absolute atomic E-state index is 0.0804. The van der Waals surface area contributed by atoms with E-state index >= 15 is 0 Å². The predicted octanol–water partition coefficient (Wildman–Crippen LogP) is 0.946. The van der Waals surface area contributed by atoms with Gasteiger partial charge in [0.2, 0.25) is 5.88 Å². The van der Waals surface area contributed by atoms with Crippen molar-refractivity contribution in [2.45, 2.75) is 12.8 Å². The first kappa shape index (κ1) is 14.8. The van der Waals surface area contributed by atoms with Crippen LogP contribution in [0, 0.1) is 6.92 Å². The Morgan fingerprint density at radius 2 is 2.26 bits per heavy atom. The number of carbonyl (C=O) groups is 1. The maximum Gasteiger partial charge on any atom is 0.340 e. The van der Waals surface area contributed by atoms with E-state index in [1.807, 2.05) is 0 Å². The average Bonchev–Trinajstić information content (AvgIpc) is 2.53. The zero-order valence-corrected chi connectivity index (χ0v) is 12.6. The molecule has 1 aliphatic rings. The highest BCUT2D eigenvalue weighted by Crippen LogP contribution is 2.40. The minimum Gasteiger partial charge on any atom is -0.465 e. The number of pyridine rings is 2. The summed E-state index contributed by atoms with van der Waals surface area (Å²) in [6.45, 7) is 1.74. The first-order valence-corrected chi connectivity index (χ1v) is 6.92. The van der Waals surface area contributed by atoms with Crippen molar-refractivity contribution >= 4 is 5.97 Å². The van der Waals surface area contributed by atoms with Crippen molar-refractivity contribution in [1.82, 2.24) is 9.97 Å². The van der Waals surface area contributed by atoms with E-state index in [4.69, 9.17) is 15.2 Å². The number of esters is 1. The van der Waals surface area contributed by atoms with Gasteiger partial charge in [0.25, 0.3) is 5.56 Å². The number of rotatable bonds is 2. The lowest BCUT2D eigenvalue weighted by atomic mass is 9.84. The van der Waals surface area contributed by atoms with Gasteiger partial charge in [0.15, 0.2) is 0 Å². The van der Waals surface area contributed by atoms with Crippen LogP contribution in [0.1, 0.15) is 22.7 Å². The number of hydrogen-bond acceptors (Lipinski definition) is 6. The van der Waals surface area contributed by atoms with Crippen LogP contribution in [0.3, 0.4) is 0 Å². The zero-order valence-electron chi connectivity index (χ0n) is 12.6. The molecule has 7 heteroatoms. The molecule has 1 atom stereocenters. The monoisotopic (exact) mass is 313 g/mol. The molecule has 0 aliphatic carbocycles. The Hall–Kier alpha value is -3.09. The number of aromatic amines is 1. The van der Waals surface area contributed by atoms with Crippen LogP contribution in [0.2, 0.25) is 0 Å². The summed E-state index contributed by atoms with van der Waals surface area (Å²) in [5.74, 6) is -1.11. The van der Waals surface area contributed by atoms with E-state index < -0.39 is 11.9 Å². The van der Waals surface area contributed by atoms with Gasteiger partial charge in [-0.3, -0.25) is 9.78 Å². The second-order valence-corrected chi connectivity index (χ2v) is 5.15. The number of ether oxygens (including phenoxy) is 2. The fourth-order valence-electron chi connectivity index (χ4n) is 2.70. The zero-order chi connectivity index (χ0) is 16.6. The molecule has 0 unspecified atom stereocenters. The lowest BCUT2D eigenvalue weighted by Gasteiger charge is -2.27. The molecule has 0 spiro atoms. The van der Waals surface area contributed by atoms with E-state index in [0.717, 1.165) is 0 Å². The number of fused-ring (bicyclic) bond motifs is 1. The van der Waals surface area contributed by atoms with Crippen molar-refractivity contribution in [3.05, 3.63) is 69.2 Å². The van der Waals surface area contributed by atoms with Gasteiger partial charge in [-0.2, -0.15) is 0 Å². The fraction of sp³-hybridized carbons (Fsp3) is 0.188. The number of aromatic nitrogens is 2. The molecule has 1 aliphatic heterocycles. The summed E-state index contributed by atoms with van der Waals surface area (Å²) in [5, 5.41) is 0. The van der Waals surface area contributed by atoms with E-state index in [2.05, 4.69) is 9.97 Å². The molecular formula is C16H15N3O4. The molecule has 23 heavy (non-hydrogen) atoms. The third kappa shape index (κ3) is 2.46. The van der Waals surface area contributed by atoms with Crippen LogP contribution in [0.15, 0.2) is 46.8 Å². The Morgan fingerprint density at radius 3 is 2.91 bits per heavy atom. The van der Waals surface area contributed by atoms with Crippen LogP contribution < -0.4 is 16.0 Å². The highest BCUT2D eigenvalue weighted by atomic mass is 16.5. The molecule has 3 heterocycles. The highest BCUT2D eigenvalue weighted by molar-refractivity contribution is 5.92. The van der Waals surface area contributed by atoms with Crippen LogP contribution in [0.25, 0.3) is 0 Å². The van der Waals surface area contributed by atoms with Gasteiger partial charge in [-0.15, -0.1) is 0 Å². The molecule has 0 bridgehead atoms. The number of nitrogens with one attached hydrogen (secondary N) is 1. The maximum absolute atomic E-state index is 12.5. The number of hydrogen-bond donors (Lipinski definition) is 2. The summed E-state index contributed by atoms with van der Waals surface area (Å²) in [7, 11) is 1.25.